The van der Waals surface area contributed by atoms with Crippen molar-refractivity contribution in [3.8, 4) is 11.3 Å². The lowest BCUT2D eigenvalue weighted by atomic mass is 10.1. The van der Waals surface area contributed by atoms with Gasteiger partial charge in [-0.3, -0.25) is 4.90 Å². The SMILES string of the molecule is FC(F)(F)c1ccc(-c2nc(CN3CCOCC3)cn3ccnc23)cc1. The zero-order chi connectivity index (χ0) is 18.1. The molecule has 0 amide bonds. The Bertz CT molecular complexity index is 899. The first kappa shape index (κ1) is 17.0. The van der Waals surface area contributed by atoms with E-state index < -0.39 is 11.7 Å². The molecule has 8 heteroatoms. The van der Waals surface area contributed by atoms with Gasteiger partial charge in [0, 0.05) is 43.8 Å². The Balaban J connectivity index is 1.70. The van der Waals surface area contributed by atoms with E-state index in [1.165, 1.54) is 12.1 Å². The van der Waals surface area contributed by atoms with Crippen LogP contribution < -0.4 is 0 Å². The van der Waals surface area contributed by atoms with Crippen LogP contribution >= 0.6 is 0 Å². The quantitative estimate of drug-likeness (QED) is 0.717. The number of rotatable bonds is 3. The van der Waals surface area contributed by atoms with Crippen molar-refractivity contribution in [2.75, 3.05) is 26.3 Å². The topological polar surface area (TPSA) is 42.7 Å². The number of benzene rings is 1. The van der Waals surface area contributed by atoms with Crippen molar-refractivity contribution in [1.29, 1.82) is 0 Å². The lowest BCUT2D eigenvalue weighted by Crippen LogP contribution is -2.36. The van der Waals surface area contributed by atoms with Gasteiger partial charge >= 0.3 is 6.18 Å². The summed E-state index contributed by atoms with van der Waals surface area (Å²) in [5.41, 5.74) is 1.97. The highest BCUT2D eigenvalue weighted by Crippen LogP contribution is 2.31. The summed E-state index contributed by atoms with van der Waals surface area (Å²) in [5.74, 6) is 0. The number of hydrogen-bond acceptors (Lipinski definition) is 4. The first-order valence-corrected chi connectivity index (χ1v) is 8.31. The fourth-order valence-corrected chi connectivity index (χ4v) is 3.06. The highest BCUT2D eigenvalue weighted by molar-refractivity contribution is 5.74. The Morgan fingerprint density at radius 2 is 1.81 bits per heavy atom. The first-order valence-electron chi connectivity index (χ1n) is 8.31. The van der Waals surface area contributed by atoms with E-state index in [4.69, 9.17) is 4.74 Å². The Hall–Kier alpha value is -2.45. The largest absolute Gasteiger partial charge is 0.416 e. The van der Waals surface area contributed by atoms with Crippen LogP contribution in [-0.4, -0.2) is 45.6 Å². The minimum atomic E-state index is -4.35. The van der Waals surface area contributed by atoms with Crippen LogP contribution in [0.3, 0.4) is 0 Å². The number of alkyl halides is 3. The lowest BCUT2D eigenvalue weighted by Gasteiger charge is -2.26. The third kappa shape index (κ3) is 3.42. The zero-order valence-corrected chi connectivity index (χ0v) is 13.9. The van der Waals surface area contributed by atoms with E-state index in [2.05, 4.69) is 14.9 Å². The molecule has 5 nitrogen and oxygen atoms in total. The molecule has 0 atom stereocenters. The lowest BCUT2D eigenvalue weighted by molar-refractivity contribution is -0.137. The third-order valence-corrected chi connectivity index (χ3v) is 4.40. The molecule has 1 aliphatic heterocycles. The number of fused-ring (bicyclic) bond motifs is 1. The van der Waals surface area contributed by atoms with Crippen molar-refractivity contribution in [1.82, 2.24) is 19.3 Å². The number of aromatic nitrogens is 3. The molecule has 0 N–H and O–H groups in total. The van der Waals surface area contributed by atoms with Crippen molar-refractivity contribution in [3.05, 3.63) is 54.1 Å². The van der Waals surface area contributed by atoms with E-state index in [-0.39, 0.29) is 0 Å². The van der Waals surface area contributed by atoms with Gasteiger partial charge in [-0.05, 0) is 12.1 Å². The highest BCUT2D eigenvalue weighted by Gasteiger charge is 2.30. The van der Waals surface area contributed by atoms with Gasteiger partial charge in [0.2, 0.25) is 0 Å². The van der Waals surface area contributed by atoms with Crippen LogP contribution in [0.15, 0.2) is 42.9 Å². The Kier molecular flexibility index (Phi) is 4.37. The van der Waals surface area contributed by atoms with Crippen LogP contribution in [0.2, 0.25) is 0 Å². The van der Waals surface area contributed by atoms with Crippen molar-refractivity contribution in [2.24, 2.45) is 0 Å². The summed E-state index contributed by atoms with van der Waals surface area (Å²) < 4.78 is 45.6. The van der Waals surface area contributed by atoms with Gasteiger partial charge in [0.05, 0.1) is 24.5 Å². The van der Waals surface area contributed by atoms with Crippen molar-refractivity contribution in [3.63, 3.8) is 0 Å². The molecule has 0 saturated carbocycles. The number of morpholine rings is 1. The van der Waals surface area contributed by atoms with Crippen LogP contribution in [0.4, 0.5) is 13.2 Å². The van der Waals surface area contributed by atoms with Crippen molar-refractivity contribution >= 4 is 5.65 Å². The molecule has 3 heterocycles. The summed E-state index contributed by atoms with van der Waals surface area (Å²) in [4.78, 5) is 11.2. The second kappa shape index (κ2) is 6.69. The zero-order valence-electron chi connectivity index (χ0n) is 13.9. The molecular formula is C18H17F3N4O. The highest BCUT2D eigenvalue weighted by atomic mass is 19.4. The molecule has 0 unspecified atom stereocenters. The van der Waals surface area contributed by atoms with E-state index in [1.807, 2.05) is 16.8 Å². The molecule has 1 saturated heterocycles. The minimum absolute atomic E-state index is 0.578. The second-order valence-corrected chi connectivity index (χ2v) is 6.20. The molecule has 4 rings (SSSR count). The van der Waals surface area contributed by atoms with Crippen LogP contribution in [-0.2, 0) is 17.5 Å². The van der Waals surface area contributed by atoms with Gasteiger partial charge in [-0.25, -0.2) is 9.97 Å². The van der Waals surface area contributed by atoms with E-state index in [9.17, 15) is 13.2 Å². The number of nitrogens with zero attached hydrogens (tertiary/aromatic N) is 4. The van der Waals surface area contributed by atoms with Gasteiger partial charge in [0.15, 0.2) is 5.65 Å². The van der Waals surface area contributed by atoms with E-state index in [0.717, 1.165) is 30.9 Å². The fraction of sp³-hybridized carbons (Fsp3) is 0.333. The molecule has 0 radical (unpaired) electrons. The van der Waals surface area contributed by atoms with E-state index >= 15 is 0 Å². The predicted octanol–water partition coefficient (Wildman–Crippen LogP) is 3.25. The molecule has 1 fully saturated rings. The molecular weight excluding hydrogens is 345 g/mol. The van der Waals surface area contributed by atoms with Gasteiger partial charge in [0.25, 0.3) is 0 Å². The molecule has 2 aromatic heterocycles. The number of ether oxygens (including phenoxy) is 1. The Morgan fingerprint density at radius 1 is 1.08 bits per heavy atom. The van der Waals surface area contributed by atoms with Crippen LogP contribution in [0.1, 0.15) is 11.3 Å². The van der Waals surface area contributed by atoms with Gasteiger partial charge < -0.3 is 9.14 Å². The maximum atomic E-state index is 12.8. The second-order valence-electron chi connectivity index (χ2n) is 6.20. The monoisotopic (exact) mass is 362 g/mol. The number of halogens is 3. The number of hydrogen-bond donors (Lipinski definition) is 0. The summed E-state index contributed by atoms with van der Waals surface area (Å²) in [7, 11) is 0. The Morgan fingerprint density at radius 3 is 2.50 bits per heavy atom. The molecule has 0 spiro atoms. The van der Waals surface area contributed by atoms with Gasteiger partial charge in [0.1, 0.15) is 5.69 Å². The number of imidazole rings is 1. The molecule has 3 aromatic rings. The maximum Gasteiger partial charge on any atom is 0.416 e. The summed E-state index contributed by atoms with van der Waals surface area (Å²) in [6, 6.07) is 5.03. The van der Waals surface area contributed by atoms with Crippen LogP contribution in [0.25, 0.3) is 16.9 Å². The Labute approximate surface area is 148 Å². The van der Waals surface area contributed by atoms with E-state index in [0.29, 0.717) is 36.7 Å². The van der Waals surface area contributed by atoms with Crippen molar-refractivity contribution in [2.45, 2.75) is 12.7 Å². The normalized spacial score (nSPS) is 16.3. The predicted molar refractivity (Wildman–Crippen MR) is 89.5 cm³/mol. The molecule has 136 valence electrons. The van der Waals surface area contributed by atoms with Crippen molar-refractivity contribution < 1.29 is 17.9 Å². The summed E-state index contributed by atoms with van der Waals surface area (Å²) >= 11 is 0. The molecule has 0 bridgehead atoms. The van der Waals surface area contributed by atoms with Gasteiger partial charge in [-0.15, -0.1) is 0 Å². The van der Waals surface area contributed by atoms with Gasteiger partial charge in [-0.2, -0.15) is 13.2 Å². The van der Waals surface area contributed by atoms with Crippen LogP contribution in [0.5, 0.6) is 0 Å². The summed E-state index contributed by atoms with van der Waals surface area (Å²) in [6.07, 6.45) is 1.02. The minimum Gasteiger partial charge on any atom is -0.379 e. The average Bonchev–Trinajstić information content (AvgIpc) is 3.10. The maximum absolute atomic E-state index is 12.8. The summed E-state index contributed by atoms with van der Waals surface area (Å²) in [5, 5.41) is 0. The molecule has 26 heavy (non-hydrogen) atoms. The standard InChI is InChI=1S/C18H17F3N4O/c19-18(20,21)14-3-1-13(2-4-14)16-17-22-5-6-25(17)12-15(23-16)11-24-7-9-26-10-8-24/h1-6,12H,7-11H2. The first-order chi connectivity index (χ1) is 12.5. The van der Waals surface area contributed by atoms with Crippen LogP contribution in [0, 0.1) is 0 Å². The van der Waals surface area contributed by atoms with E-state index in [1.54, 1.807) is 6.20 Å². The smallest absolute Gasteiger partial charge is 0.379 e. The summed E-state index contributed by atoms with van der Waals surface area (Å²) in [6.45, 7) is 3.71. The van der Waals surface area contributed by atoms with Gasteiger partial charge in [-0.1, -0.05) is 12.1 Å². The average molecular weight is 362 g/mol. The molecule has 1 aromatic carbocycles. The molecule has 0 aliphatic carbocycles. The third-order valence-electron chi connectivity index (χ3n) is 4.40. The molecule has 1 aliphatic rings. The fourth-order valence-electron chi connectivity index (χ4n) is 3.06.